The fourth-order valence-corrected chi connectivity index (χ4v) is 4.26. The summed E-state index contributed by atoms with van der Waals surface area (Å²) >= 11 is 9.54. The normalized spacial score (nSPS) is 17.0. The molecule has 102 valence electrons. The Kier molecular flexibility index (Phi) is 6.85. The molecule has 0 saturated carbocycles. The number of rotatable bonds is 5. The van der Waals surface area contributed by atoms with Crippen molar-refractivity contribution < 1.29 is 0 Å². The van der Waals surface area contributed by atoms with Gasteiger partial charge < -0.3 is 0 Å². The molecule has 0 bridgehead atoms. The van der Waals surface area contributed by atoms with Gasteiger partial charge in [-0.1, -0.05) is 0 Å². The van der Waals surface area contributed by atoms with Gasteiger partial charge in [0.15, 0.2) is 0 Å². The van der Waals surface area contributed by atoms with Crippen LogP contribution in [0.25, 0.3) is 21.5 Å². The molecule has 0 N–H and O–H groups in total. The molecular formula is C20H18Li4. The fraction of sp³-hybridized carbons (Fsp3) is 0.300. The van der Waals surface area contributed by atoms with Crippen LogP contribution in [0.4, 0.5) is 0 Å². The number of hydrogen-bond acceptors (Lipinski definition) is 0. The Hall–Kier alpha value is 0.570. The molecule has 0 aliphatic rings. The van der Waals surface area contributed by atoms with Crippen LogP contribution in [0.15, 0.2) is 54.6 Å². The first kappa shape index (κ1) is 19.3. The zero-order valence-corrected chi connectivity index (χ0v) is 15.7. The summed E-state index contributed by atoms with van der Waals surface area (Å²) < 4.78 is 2.08. The molecule has 4 atom stereocenters. The van der Waals surface area contributed by atoms with E-state index in [0.717, 1.165) is 4.59 Å². The van der Waals surface area contributed by atoms with Gasteiger partial charge in [-0.25, -0.2) is 0 Å². The van der Waals surface area contributed by atoms with E-state index in [9.17, 15) is 0 Å². The molecule has 4 heteroatoms. The van der Waals surface area contributed by atoms with E-state index in [4.69, 9.17) is 0 Å². The standard InChI is InChI=1S/C20H18.4Li/c1-3-8-15(4-2)19-12-7-11-18-13-16-9-5-6-10-17(16)14-20(18)19;;;;/h3-15H,1H2,2H3;;;;. The molecule has 0 saturated heterocycles. The van der Waals surface area contributed by atoms with Crippen molar-refractivity contribution in [1.29, 1.82) is 0 Å². The Morgan fingerprint density at radius 2 is 1.46 bits per heavy atom. The average Bonchev–Trinajstić information content (AvgIpc) is 2.59. The van der Waals surface area contributed by atoms with Gasteiger partial charge in [0, 0.05) is 0 Å². The Bertz CT molecular complexity index is 843. The molecule has 0 nitrogen and oxygen atoms in total. The van der Waals surface area contributed by atoms with Crippen LogP contribution in [-0.4, -0.2) is 70.9 Å². The van der Waals surface area contributed by atoms with E-state index in [0.29, 0.717) is 15.1 Å². The van der Waals surface area contributed by atoms with Crippen LogP contribution < -0.4 is 0 Å². The summed E-state index contributed by atoms with van der Waals surface area (Å²) in [6.07, 6.45) is 0. The van der Waals surface area contributed by atoms with Crippen LogP contribution in [0.1, 0.15) is 18.4 Å². The van der Waals surface area contributed by atoms with Gasteiger partial charge >= 0.3 is 184 Å². The summed E-state index contributed by atoms with van der Waals surface area (Å²) in [5.74, 6) is 0.602. The van der Waals surface area contributed by atoms with Crippen molar-refractivity contribution in [3.63, 3.8) is 0 Å². The van der Waals surface area contributed by atoms with Crippen LogP contribution in [0, 0.1) is 0 Å². The second-order valence-corrected chi connectivity index (χ2v) is 7.78. The van der Waals surface area contributed by atoms with Crippen LogP contribution in [0.2, 0.25) is 18.9 Å². The summed E-state index contributed by atoms with van der Waals surface area (Å²) in [6, 6.07) is 20.3. The average molecular weight is 286 g/mol. The molecule has 3 aromatic rings. The van der Waals surface area contributed by atoms with Crippen LogP contribution in [0.3, 0.4) is 0 Å². The summed E-state index contributed by atoms with van der Waals surface area (Å²) in [4.78, 5) is 0. The monoisotopic (exact) mass is 286 g/mol. The predicted molar refractivity (Wildman–Crippen MR) is 109 cm³/mol. The third-order valence-electron chi connectivity index (χ3n) is 5.97. The van der Waals surface area contributed by atoms with Gasteiger partial charge in [-0.05, 0) is 0 Å². The molecule has 4 unspecified atom stereocenters. The van der Waals surface area contributed by atoms with Gasteiger partial charge in [0.25, 0.3) is 0 Å². The minimum absolute atomic E-state index is 0.602. The maximum absolute atomic E-state index is 2.44. The second kappa shape index (κ2) is 8.51. The molecule has 0 aliphatic heterocycles. The maximum atomic E-state index is 2.44. The third kappa shape index (κ3) is 3.95. The summed E-state index contributed by atoms with van der Waals surface area (Å²) in [6.45, 7) is 2.38. The van der Waals surface area contributed by atoms with Gasteiger partial charge in [0.1, 0.15) is 0 Å². The molecule has 0 aliphatic carbocycles. The van der Waals surface area contributed by atoms with E-state index in [2.05, 4.69) is 132 Å². The van der Waals surface area contributed by atoms with E-state index in [1.807, 2.05) is 0 Å². The predicted octanol–water partition coefficient (Wildman–Crippen LogP) is 4.55. The van der Waals surface area contributed by atoms with Crippen molar-refractivity contribution in [3.05, 3.63) is 60.2 Å². The van der Waals surface area contributed by atoms with Gasteiger partial charge in [0.2, 0.25) is 0 Å². The van der Waals surface area contributed by atoms with E-state index < -0.39 is 0 Å². The fourth-order valence-electron chi connectivity index (χ4n) is 4.26. The van der Waals surface area contributed by atoms with Crippen molar-refractivity contribution in [2.75, 3.05) is 0 Å². The molecule has 0 radical (unpaired) electrons. The van der Waals surface area contributed by atoms with E-state index >= 15 is 0 Å². The first-order valence-electron chi connectivity index (χ1n) is 9.44. The number of benzene rings is 3. The van der Waals surface area contributed by atoms with Crippen molar-refractivity contribution in [2.45, 2.75) is 31.7 Å². The third-order valence-corrected chi connectivity index (χ3v) is 5.97. The zero-order valence-electron chi connectivity index (χ0n) is 15.7. The Labute approximate surface area is 182 Å². The van der Waals surface area contributed by atoms with Gasteiger partial charge in [-0.15, -0.1) is 0 Å². The molecule has 0 heterocycles. The molecule has 3 aromatic carbocycles. The topological polar surface area (TPSA) is 0 Å². The van der Waals surface area contributed by atoms with Crippen LogP contribution >= 0.6 is 0 Å². The molecular weight excluding hydrogens is 268 g/mol. The van der Waals surface area contributed by atoms with Crippen molar-refractivity contribution >= 4 is 92.4 Å². The molecule has 3 rings (SSSR count). The van der Waals surface area contributed by atoms with Crippen molar-refractivity contribution in [1.82, 2.24) is 0 Å². The molecule has 0 fully saturated rings. The van der Waals surface area contributed by atoms with E-state index in [1.165, 1.54) is 32.2 Å². The number of hydrogen-bond donors (Lipinski definition) is 0. The van der Waals surface area contributed by atoms with E-state index in [1.54, 1.807) is 0 Å². The zero-order chi connectivity index (χ0) is 17.3. The molecule has 0 amide bonds. The minimum atomic E-state index is 0.602. The summed E-state index contributed by atoms with van der Waals surface area (Å²) in [5.41, 5.74) is 1.53. The van der Waals surface area contributed by atoms with Gasteiger partial charge in [-0.2, -0.15) is 0 Å². The Morgan fingerprint density at radius 1 is 0.833 bits per heavy atom. The van der Waals surface area contributed by atoms with Gasteiger partial charge in [-0.3, -0.25) is 0 Å². The quantitative estimate of drug-likeness (QED) is 0.476. The summed E-state index contributed by atoms with van der Waals surface area (Å²) in [7, 11) is 0. The second-order valence-electron chi connectivity index (χ2n) is 7.78. The SMILES string of the molecule is [Li][CH2][CH]([Li])[CH]([Li])C(c1cccc2cc3ccccc3cc12)[CH]([Li])C. The Morgan fingerprint density at radius 3 is 2.08 bits per heavy atom. The van der Waals surface area contributed by atoms with Crippen molar-refractivity contribution in [2.24, 2.45) is 0 Å². The number of fused-ring (bicyclic) bond motifs is 2. The first-order valence-corrected chi connectivity index (χ1v) is 9.44. The van der Waals surface area contributed by atoms with Crippen molar-refractivity contribution in [3.8, 4) is 0 Å². The molecule has 0 aromatic heterocycles. The van der Waals surface area contributed by atoms with E-state index in [-0.39, 0.29) is 0 Å². The molecule has 0 spiro atoms. The molecule has 24 heavy (non-hydrogen) atoms. The summed E-state index contributed by atoms with van der Waals surface area (Å²) in [5, 5.41) is 6.73. The van der Waals surface area contributed by atoms with Gasteiger partial charge in [0.05, 0.1) is 0 Å². The Balaban J connectivity index is 2.21. The van der Waals surface area contributed by atoms with Crippen LogP contribution in [-0.2, 0) is 0 Å². The van der Waals surface area contributed by atoms with Crippen LogP contribution in [0.5, 0.6) is 0 Å². The first-order chi connectivity index (χ1) is 11.5.